The Kier molecular flexibility index (Phi) is 4.65. The molecule has 3 fully saturated rings. The number of aryl methyl sites for hydroxylation is 1. The highest BCUT2D eigenvalue weighted by atomic mass is 16.5. The van der Waals surface area contributed by atoms with Crippen LogP contribution < -0.4 is 4.74 Å². The van der Waals surface area contributed by atoms with Crippen LogP contribution in [0.4, 0.5) is 0 Å². The first-order valence-electron chi connectivity index (χ1n) is 10.2. The van der Waals surface area contributed by atoms with Gasteiger partial charge in [0.25, 0.3) is 5.91 Å². The van der Waals surface area contributed by atoms with Crippen molar-refractivity contribution in [3.63, 3.8) is 0 Å². The van der Waals surface area contributed by atoms with E-state index in [4.69, 9.17) is 4.74 Å². The van der Waals surface area contributed by atoms with E-state index in [0.29, 0.717) is 6.54 Å². The Morgan fingerprint density at radius 1 is 1.15 bits per heavy atom. The van der Waals surface area contributed by atoms with E-state index < -0.39 is 0 Å². The van der Waals surface area contributed by atoms with Gasteiger partial charge in [-0.25, -0.2) is 0 Å². The van der Waals surface area contributed by atoms with Crippen LogP contribution in [0.5, 0.6) is 5.75 Å². The van der Waals surface area contributed by atoms with Gasteiger partial charge in [-0.1, -0.05) is 37.5 Å². The number of likely N-dealkylation sites (tertiary alicyclic amines) is 2. The molecule has 3 aliphatic rings. The summed E-state index contributed by atoms with van der Waals surface area (Å²) in [5, 5.41) is 0. The van der Waals surface area contributed by atoms with E-state index in [9.17, 15) is 9.59 Å². The van der Waals surface area contributed by atoms with Crippen molar-refractivity contribution in [3.8, 4) is 5.75 Å². The van der Waals surface area contributed by atoms with Crippen LogP contribution in [0, 0.1) is 12.3 Å². The van der Waals surface area contributed by atoms with Gasteiger partial charge in [-0.3, -0.25) is 9.59 Å². The summed E-state index contributed by atoms with van der Waals surface area (Å²) < 4.78 is 5.77. The molecule has 1 aromatic rings. The van der Waals surface area contributed by atoms with Crippen molar-refractivity contribution in [1.29, 1.82) is 0 Å². The van der Waals surface area contributed by atoms with Crippen LogP contribution in [0.1, 0.15) is 51.5 Å². The maximum Gasteiger partial charge on any atom is 0.260 e. The van der Waals surface area contributed by atoms with Gasteiger partial charge in [0, 0.05) is 31.0 Å². The maximum absolute atomic E-state index is 13.1. The molecular weight excluding hydrogens is 340 g/mol. The fraction of sp³-hybridized carbons (Fsp3) is 0.636. The maximum atomic E-state index is 13.1. The summed E-state index contributed by atoms with van der Waals surface area (Å²) in [6.07, 6.45) is 5.36. The first-order valence-corrected chi connectivity index (χ1v) is 10.2. The number of rotatable bonds is 3. The number of carbonyl (C=O) groups excluding carboxylic acids is 2. The molecule has 1 saturated carbocycles. The lowest BCUT2D eigenvalue weighted by atomic mass is 9.71. The van der Waals surface area contributed by atoms with E-state index >= 15 is 0 Å². The first-order chi connectivity index (χ1) is 12.9. The zero-order valence-electron chi connectivity index (χ0n) is 16.6. The summed E-state index contributed by atoms with van der Waals surface area (Å²) in [5.41, 5.74) is 1.17. The zero-order chi connectivity index (χ0) is 19.2. The van der Waals surface area contributed by atoms with E-state index in [1.165, 1.54) is 5.56 Å². The van der Waals surface area contributed by atoms with Crippen molar-refractivity contribution in [3.05, 3.63) is 29.8 Å². The van der Waals surface area contributed by atoms with Gasteiger partial charge in [-0.2, -0.15) is 0 Å². The average molecular weight is 370 g/mol. The van der Waals surface area contributed by atoms with Crippen LogP contribution in [0.2, 0.25) is 0 Å². The number of fused-ring (bicyclic) bond motifs is 1. The third-order valence-electron chi connectivity index (χ3n) is 6.98. The molecule has 2 saturated heterocycles. The number of benzene rings is 1. The van der Waals surface area contributed by atoms with Crippen molar-refractivity contribution in [2.75, 3.05) is 13.2 Å². The summed E-state index contributed by atoms with van der Waals surface area (Å²) in [4.78, 5) is 29.6. The lowest BCUT2D eigenvalue weighted by Crippen LogP contribution is -2.56. The van der Waals surface area contributed by atoms with E-state index in [-0.39, 0.29) is 42.0 Å². The standard InChI is InChI=1S/C22H30N2O3/c1-15-8-10-18(11-9-15)27-14-21(26)23-13-17-12-22(3)19(23)6-4-5-7-20(22)24(17)16(2)25/h8-11,17,19-20H,4-7,12-14H2,1-3H3/t17-,19+,20-,22+/m0/s1. The second-order valence-corrected chi connectivity index (χ2v) is 8.75. The first kappa shape index (κ1) is 18.3. The predicted molar refractivity (Wildman–Crippen MR) is 103 cm³/mol. The molecule has 5 nitrogen and oxygen atoms in total. The van der Waals surface area contributed by atoms with Gasteiger partial charge in [0.1, 0.15) is 5.75 Å². The Hall–Kier alpha value is -2.04. The largest absolute Gasteiger partial charge is 0.484 e. The molecule has 0 aromatic heterocycles. The normalized spacial score (nSPS) is 32.2. The average Bonchev–Trinajstić information content (AvgIpc) is 2.75. The monoisotopic (exact) mass is 370 g/mol. The zero-order valence-corrected chi connectivity index (χ0v) is 16.6. The van der Waals surface area contributed by atoms with E-state index in [2.05, 4.69) is 11.8 Å². The Morgan fingerprint density at radius 3 is 2.48 bits per heavy atom. The van der Waals surface area contributed by atoms with Crippen LogP contribution in [0.25, 0.3) is 0 Å². The molecule has 1 aromatic carbocycles. The molecule has 146 valence electrons. The fourth-order valence-electron chi connectivity index (χ4n) is 5.78. The molecule has 0 radical (unpaired) electrons. The van der Waals surface area contributed by atoms with Crippen molar-refractivity contribution in [2.24, 2.45) is 5.41 Å². The predicted octanol–water partition coefficient (Wildman–Crippen LogP) is 3.15. The molecular formula is C22H30N2O3. The number of piperidine rings is 1. The topological polar surface area (TPSA) is 49.9 Å². The molecule has 0 unspecified atom stereocenters. The lowest BCUT2D eigenvalue weighted by molar-refractivity contribution is -0.141. The van der Waals surface area contributed by atoms with Gasteiger partial charge in [-0.15, -0.1) is 0 Å². The second kappa shape index (κ2) is 6.84. The van der Waals surface area contributed by atoms with E-state index in [1.54, 1.807) is 6.92 Å². The Bertz CT molecular complexity index is 732. The molecule has 27 heavy (non-hydrogen) atoms. The smallest absolute Gasteiger partial charge is 0.260 e. The van der Waals surface area contributed by atoms with Gasteiger partial charge in [0.2, 0.25) is 5.91 Å². The van der Waals surface area contributed by atoms with Crippen molar-refractivity contribution in [1.82, 2.24) is 9.80 Å². The highest BCUT2D eigenvalue weighted by molar-refractivity contribution is 5.79. The fourth-order valence-corrected chi connectivity index (χ4v) is 5.78. The minimum absolute atomic E-state index is 0.00457. The van der Waals surface area contributed by atoms with Crippen molar-refractivity contribution < 1.29 is 14.3 Å². The molecule has 0 spiro atoms. The second-order valence-electron chi connectivity index (χ2n) is 8.75. The summed E-state index contributed by atoms with van der Waals surface area (Å²) in [5.74, 6) is 0.923. The molecule has 0 N–H and O–H groups in total. The molecule has 2 amide bonds. The SMILES string of the molecule is CC(=O)N1[C@@H]2CN(C(=O)COc3ccc(C)cc3)[C@@H]3CCCC[C@H]1[C@]3(C)C2. The van der Waals surface area contributed by atoms with Crippen molar-refractivity contribution >= 4 is 11.8 Å². The number of nitrogens with zero attached hydrogens (tertiary/aromatic N) is 2. The quantitative estimate of drug-likeness (QED) is 0.821. The molecule has 5 heteroatoms. The number of amides is 2. The molecule has 2 heterocycles. The molecule has 1 aliphatic carbocycles. The Balaban J connectivity index is 1.53. The third-order valence-corrected chi connectivity index (χ3v) is 6.98. The number of ether oxygens (including phenoxy) is 1. The van der Waals surface area contributed by atoms with Crippen LogP contribution in [-0.4, -0.2) is 52.9 Å². The number of hydrogen-bond acceptors (Lipinski definition) is 3. The lowest BCUT2D eigenvalue weighted by Gasteiger charge is -2.46. The minimum atomic E-state index is 0.00457. The van der Waals surface area contributed by atoms with Crippen LogP contribution >= 0.6 is 0 Å². The van der Waals surface area contributed by atoms with Crippen molar-refractivity contribution in [2.45, 2.75) is 71.0 Å². The minimum Gasteiger partial charge on any atom is -0.484 e. The van der Waals surface area contributed by atoms with Gasteiger partial charge in [0.15, 0.2) is 6.61 Å². The third kappa shape index (κ3) is 3.11. The summed E-state index contributed by atoms with van der Waals surface area (Å²) >= 11 is 0. The van der Waals surface area contributed by atoms with Gasteiger partial charge in [0.05, 0.1) is 6.04 Å². The molecule has 4 rings (SSSR count). The van der Waals surface area contributed by atoms with Crippen LogP contribution in [0.3, 0.4) is 0 Å². The summed E-state index contributed by atoms with van der Waals surface area (Å²) in [7, 11) is 0. The van der Waals surface area contributed by atoms with Gasteiger partial charge in [-0.05, 0) is 38.3 Å². The summed E-state index contributed by atoms with van der Waals surface area (Å²) in [6.45, 7) is 6.71. The molecule has 2 bridgehead atoms. The molecule has 4 atom stereocenters. The van der Waals surface area contributed by atoms with Crippen LogP contribution in [-0.2, 0) is 9.59 Å². The summed E-state index contributed by atoms with van der Waals surface area (Å²) in [6, 6.07) is 8.41. The number of carbonyl (C=O) groups is 2. The van der Waals surface area contributed by atoms with Crippen LogP contribution in [0.15, 0.2) is 24.3 Å². The van der Waals surface area contributed by atoms with E-state index in [0.717, 1.165) is 37.9 Å². The van der Waals surface area contributed by atoms with Gasteiger partial charge < -0.3 is 14.5 Å². The highest BCUT2D eigenvalue weighted by Crippen LogP contribution is 2.53. The number of hydrogen-bond donors (Lipinski definition) is 0. The van der Waals surface area contributed by atoms with E-state index in [1.807, 2.05) is 36.1 Å². The Morgan fingerprint density at radius 2 is 1.81 bits per heavy atom. The highest BCUT2D eigenvalue weighted by Gasteiger charge is 2.60. The Labute approximate surface area is 161 Å². The molecule has 2 aliphatic heterocycles. The van der Waals surface area contributed by atoms with Gasteiger partial charge >= 0.3 is 0 Å².